The number of likely N-dealkylation sites (tertiary alicyclic amines) is 1. The van der Waals surface area contributed by atoms with E-state index in [1.54, 1.807) is 0 Å². The Morgan fingerprint density at radius 3 is 2.86 bits per heavy atom. The molecule has 0 amide bonds. The zero-order chi connectivity index (χ0) is 14.9. The Hall–Kier alpha value is -1.80. The lowest BCUT2D eigenvalue weighted by atomic mass is 9.92. The zero-order valence-corrected chi connectivity index (χ0v) is 13.3. The van der Waals surface area contributed by atoms with Crippen molar-refractivity contribution in [2.24, 2.45) is 0 Å². The molecule has 1 saturated heterocycles. The molecule has 2 aliphatic heterocycles. The van der Waals surface area contributed by atoms with Gasteiger partial charge in [-0.1, -0.05) is 48.0 Å². The van der Waals surface area contributed by atoms with Crippen LogP contribution in [-0.4, -0.2) is 24.0 Å². The van der Waals surface area contributed by atoms with E-state index in [0.717, 1.165) is 6.54 Å². The van der Waals surface area contributed by atoms with E-state index in [0.29, 0.717) is 12.0 Å². The van der Waals surface area contributed by atoms with Gasteiger partial charge in [0.25, 0.3) is 0 Å². The summed E-state index contributed by atoms with van der Waals surface area (Å²) < 4.78 is 0. The number of benzene rings is 2. The van der Waals surface area contributed by atoms with E-state index in [4.69, 9.17) is 0 Å². The molecular formula is C20H24N2. The number of nitrogens with zero attached hydrogens (tertiary/aromatic N) is 1. The molecule has 22 heavy (non-hydrogen) atoms. The Bertz CT molecular complexity index is 650. The Kier molecular flexibility index (Phi) is 3.63. The van der Waals surface area contributed by atoms with Gasteiger partial charge in [0.1, 0.15) is 0 Å². The topological polar surface area (TPSA) is 15.3 Å². The average molecular weight is 292 g/mol. The molecule has 2 heteroatoms. The summed E-state index contributed by atoms with van der Waals surface area (Å²) in [5.41, 5.74) is 5.70. The molecule has 1 N–H and O–H groups in total. The molecule has 0 aromatic heterocycles. The summed E-state index contributed by atoms with van der Waals surface area (Å²) in [5, 5.41) is 3.76. The van der Waals surface area contributed by atoms with Gasteiger partial charge in [0.05, 0.1) is 0 Å². The normalized spacial score (nSPS) is 24.2. The molecule has 4 rings (SSSR count). The van der Waals surface area contributed by atoms with E-state index < -0.39 is 0 Å². The van der Waals surface area contributed by atoms with Gasteiger partial charge in [0.2, 0.25) is 0 Å². The van der Waals surface area contributed by atoms with E-state index in [9.17, 15) is 0 Å². The van der Waals surface area contributed by atoms with Crippen LogP contribution in [0.2, 0.25) is 0 Å². The van der Waals surface area contributed by atoms with E-state index in [2.05, 4.69) is 65.7 Å². The van der Waals surface area contributed by atoms with E-state index in [1.165, 1.54) is 48.3 Å². The van der Waals surface area contributed by atoms with Crippen LogP contribution in [0.15, 0.2) is 48.5 Å². The lowest BCUT2D eigenvalue weighted by Crippen LogP contribution is -2.29. The van der Waals surface area contributed by atoms with Crippen molar-refractivity contribution in [1.29, 1.82) is 0 Å². The number of hydrogen-bond acceptors (Lipinski definition) is 2. The lowest BCUT2D eigenvalue weighted by molar-refractivity contribution is 0.264. The average Bonchev–Trinajstić information content (AvgIpc) is 2.73. The second-order valence-electron chi connectivity index (χ2n) is 6.81. The van der Waals surface area contributed by atoms with Crippen LogP contribution < -0.4 is 5.32 Å². The molecule has 0 saturated carbocycles. The Balaban J connectivity index is 1.56. The van der Waals surface area contributed by atoms with Crippen molar-refractivity contribution >= 4 is 5.69 Å². The molecule has 114 valence electrons. The Morgan fingerprint density at radius 1 is 1.14 bits per heavy atom. The van der Waals surface area contributed by atoms with Crippen LogP contribution in [0, 0.1) is 6.92 Å². The summed E-state index contributed by atoms with van der Waals surface area (Å²) >= 11 is 0. The number of fused-ring (bicyclic) bond motifs is 3. The molecule has 2 atom stereocenters. The molecule has 1 fully saturated rings. The van der Waals surface area contributed by atoms with E-state index in [1.807, 2.05) is 0 Å². The predicted octanol–water partition coefficient (Wildman–Crippen LogP) is 4.17. The summed E-state index contributed by atoms with van der Waals surface area (Å²) in [6.45, 7) is 5.66. The van der Waals surface area contributed by atoms with Crippen LogP contribution in [0.4, 0.5) is 5.69 Å². The van der Waals surface area contributed by atoms with Crippen LogP contribution in [0.1, 0.15) is 35.4 Å². The van der Waals surface area contributed by atoms with Crippen LogP contribution >= 0.6 is 0 Å². The number of rotatable bonds is 2. The molecule has 2 heterocycles. The standard InChI is InChI=1S/C20H24N2/c1-15-9-10-20-17(12-15)18-14-22(11-5-8-19(18)21-20)13-16-6-3-2-4-7-16/h2-4,6-7,9-10,12,18-19,21H,5,8,11,13-14H2,1H3. The van der Waals surface area contributed by atoms with Gasteiger partial charge in [-0.3, -0.25) is 4.90 Å². The molecule has 2 aromatic rings. The van der Waals surface area contributed by atoms with Crippen molar-refractivity contribution in [3.8, 4) is 0 Å². The fourth-order valence-corrected chi connectivity index (χ4v) is 4.03. The monoisotopic (exact) mass is 292 g/mol. The quantitative estimate of drug-likeness (QED) is 0.893. The highest BCUT2D eigenvalue weighted by atomic mass is 15.1. The van der Waals surface area contributed by atoms with Crippen LogP contribution in [0.25, 0.3) is 0 Å². The largest absolute Gasteiger partial charge is 0.381 e. The highest BCUT2D eigenvalue weighted by Crippen LogP contribution is 2.40. The predicted molar refractivity (Wildman–Crippen MR) is 92.3 cm³/mol. The van der Waals surface area contributed by atoms with E-state index in [-0.39, 0.29) is 0 Å². The van der Waals surface area contributed by atoms with Crippen LogP contribution in [0.3, 0.4) is 0 Å². The second kappa shape index (κ2) is 5.77. The fourth-order valence-electron chi connectivity index (χ4n) is 4.03. The molecule has 0 spiro atoms. The third-order valence-electron chi connectivity index (χ3n) is 5.13. The van der Waals surface area contributed by atoms with Crippen LogP contribution in [-0.2, 0) is 6.54 Å². The summed E-state index contributed by atoms with van der Waals surface area (Å²) in [7, 11) is 0. The molecule has 0 aliphatic carbocycles. The van der Waals surface area contributed by atoms with Gasteiger partial charge >= 0.3 is 0 Å². The smallest absolute Gasteiger partial charge is 0.0379 e. The van der Waals surface area contributed by atoms with Gasteiger partial charge in [0, 0.05) is 30.7 Å². The van der Waals surface area contributed by atoms with Gasteiger partial charge in [-0.05, 0) is 43.5 Å². The highest BCUT2D eigenvalue weighted by Gasteiger charge is 2.34. The molecule has 2 nitrogen and oxygen atoms in total. The number of aryl methyl sites for hydroxylation is 1. The minimum absolute atomic E-state index is 0.623. The van der Waals surface area contributed by atoms with Crippen molar-refractivity contribution in [2.45, 2.75) is 38.3 Å². The lowest BCUT2D eigenvalue weighted by Gasteiger charge is -2.24. The van der Waals surface area contributed by atoms with Gasteiger partial charge < -0.3 is 5.32 Å². The molecule has 2 unspecified atom stereocenters. The number of nitrogens with one attached hydrogen (secondary N) is 1. The molecule has 2 aromatic carbocycles. The SMILES string of the molecule is Cc1ccc2c(c1)C1CN(Cc3ccccc3)CCCC1N2. The van der Waals surface area contributed by atoms with E-state index >= 15 is 0 Å². The van der Waals surface area contributed by atoms with Crippen molar-refractivity contribution in [3.05, 3.63) is 65.2 Å². The first-order valence-electron chi connectivity index (χ1n) is 8.43. The summed E-state index contributed by atoms with van der Waals surface area (Å²) in [5.74, 6) is 0.640. The third kappa shape index (κ3) is 2.64. The van der Waals surface area contributed by atoms with Crippen molar-refractivity contribution in [3.63, 3.8) is 0 Å². The van der Waals surface area contributed by atoms with Gasteiger partial charge in [-0.2, -0.15) is 0 Å². The number of hydrogen-bond donors (Lipinski definition) is 1. The number of anilines is 1. The van der Waals surface area contributed by atoms with Gasteiger partial charge in [0.15, 0.2) is 0 Å². The van der Waals surface area contributed by atoms with Crippen molar-refractivity contribution in [1.82, 2.24) is 4.90 Å². The van der Waals surface area contributed by atoms with Gasteiger partial charge in [-0.15, -0.1) is 0 Å². The highest BCUT2D eigenvalue weighted by molar-refractivity contribution is 5.60. The third-order valence-corrected chi connectivity index (χ3v) is 5.13. The Morgan fingerprint density at radius 2 is 2.00 bits per heavy atom. The second-order valence-corrected chi connectivity index (χ2v) is 6.81. The minimum atomic E-state index is 0.623. The van der Waals surface area contributed by atoms with Crippen LogP contribution in [0.5, 0.6) is 0 Å². The maximum absolute atomic E-state index is 3.76. The first-order chi connectivity index (χ1) is 10.8. The summed E-state index contributed by atoms with van der Waals surface area (Å²) in [6.07, 6.45) is 2.57. The summed E-state index contributed by atoms with van der Waals surface area (Å²) in [4.78, 5) is 2.64. The first-order valence-corrected chi connectivity index (χ1v) is 8.43. The maximum Gasteiger partial charge on any atom is 0.0379 e. The molecule has 0 bridgehead atoms. The summed E-state index contributed by atoms with van der Waals surface area (Å²) in [6, 6.07) is 18.4. The fraction of sp³-hybridized carbons (Fsp3) is 0.400. The first kappa shape index (κ1) is 13.8. The molecule has 2 aliphatic rings. The maximum atomic E-state index is 3.76. The van der Waals surface area contributed by atoms with Crippen molar-refractivity contribution in [2.75, 3.05) is 18.4 Å². The zero-order valence-electron chi connectivity index (χ0n) is 13.3. The minimum Gasteiger partial charge on any atom is -0.381 e. The van der Waals surface area contributed by atoms with Crippen molar-refractivity contribution < 1.29 is 0 Å². The Labute approximate surface area is 133 Å². The molecule has 0 radical (unpaired) electrons. The molecular weight excluding hydrogens is 268 g/mol. The van der Waals surface area contributed by atoms with Gasteiger partial charge in [-0.25, -0.2) is 0 Å².